The van der Waals surface area contributed by atoms with Gasteiger partial charge >= 0.3 is 7.12 Å². The second-order valence-electron chi connectivity index (χ2n) is 5.53. The zero-order valence-corrected chi connectivity index (χ0v) is 11.7. The number of nitrogens with zero attached hydrogens (tertiary/aromatic N) is 1. The molecule has 5 nitrogen and oxygen atoms in total. The molecule has 2 fully saturated rings. The van der Waals surface area contributed by atoms with Crippen LogP contribution in [0.2, 0.25) is 0 Å². The SMILES string of the molecule is [2H]c1nc([2H])c(OC2([2H])C([2H])([2H])OC2([2H])[2H])c(B2OC(C)(C)C(C)(C)O2)c1[2H]. The van der Waals surface area contributed by atoms with Gasteiger partial charge in [-0.05, 0) is 33.7 Å². The summed E-state index contributed by atoms with van der Waals surface area (Å²) in [5.41, 5.74) is -1.87. The second kappa shape index (κ2) is 4.72. The molecule has 6 heteroatoms. The van der Waals surface area contributed by atoms with Crippen molar-refractivity contribution < 1.29 is 29.7 Å². The number of hydrogen-bond acceptors (Lipinski definition) is 5. The minimum atomic E-state index is -2.87. The number of rotatable bonds is 3. The average molecular weight is 285 g/mol. The van der Waals surface area contributed by atoms with Gasteiger partial charge in [0.05, 0.1) is 41.5 Å². The molecular weight excluding hydrogens is 257 g/mol. The average Bonchev–Trinajstić information content (AvgIpc) is 2.71. The molecule has 0 saturated carbocycles. The molecule has 0 N–H and O–H groups in total. The molecule has 0 aromatic carbocycles. The zero-order chi connectivity index (χ0) is 21.5. The van der Waals surface area contributed by atoms with Crippen molar-refractivity contribution in [3.63, 3.8) is 0 Å². The lowest BCUT2D eigenvalue weighted by atomic mass is 9.79. The third kappa shape index (κ3) is 2.32. The molecule has 1 aromatic rings. The van der Waals surface area contributed by atoms with Crippen LogP contribution in [0.1, 0.15) is 38.7 Å². The lowest BCUT2D eigenvalue weighted by Crippen LogP contribution is -2.42. The molecule has 2 aliphatic rings. The third-order valence-corrected chi connectivity index (χ3v) is 3.63. The van der Waals surface area contributed by atoms with Crippen molar-refractivity contribution in [3.8, 4) is 5.75 Å². The van der Waals surface area contributed by atoms with E-state index in [0.29, 0.717) is 0 Å². The molecule has 0 bridgehead atoms. The Bertz CT molecular complexity index is 804. The summed E-state index contributed by atoms with van der Waals surface area (Å²) in [4.78, 5) is 3.56. The molecule has 0 unspecified atom stereocenters. The first kappa shape index (κ1) is 7.25. The molecule has 3 rings (SSSR count). The van der Waals surface area contributed by atoms with E-state index in [4.69, 9.17) is 25.0 Å². The first-order chi connectivity index (χ1) is 12.5. The summed E-state index contributed by atoms with van der Waals surface area (Å²) >= 11 is 0. The Morgan fingerprint density at radius 3 is 2.65 bits per heavy atom. The van der Waals surface area contributed by atoms with E-state index in [0.717, 1.165) is 0 Å². The Morgan fingerprint density at radius 1 is 1.40 bits per heavy atom. The predicted molar refractivity (Wildman–Crippen MR) is 75.2 cm³/mol. The number of hydrogen-bond donors (Lipinski definition) is 0. The number of ether oxygens (including phenoxy) is 2. The standard InChI is InChI=1S/C14H20BNO4/c1-13(2)14(3,4)20-15(19-13)11-5-6-16-7-12(11)18-10-8-17-9-10/h5-7,10H,8-9H2,1-4H3/i5D,6D,7D,8D2,9D2,10D. The highest BCUT2D eigenvalue weighted by atomic mass is 16.7. The molecule has 0 amide bonds. The van der Waals surface area contributed by atoms with Crippen LogP contribution in [0.4, 0.5) is 0 Å². The fourth-order valence-electron chi connectivity index (χ4n) is 1.72. The van der Waals surface area contributed by atoms with E-state index >= 15 is 0 Å². The van der Waals surface area contributed by atoms with E-state index in [1.54, 1.807) is 27.7 Å². The molecule has 0 aliphatic carbocycles. The maximum atomic E-state index is 8.18. The fourth-order valence-corrected chi connectivity index (χ4v) is 1.72. The first-order valence-electron chi connectivity index (χ1n) is 10.2. The Hall–Kier alpha value is -1.11. The van der Waals surface area contributed by atoms with Crippen molar-refractivity contribution in [2.24, 2.45) is 0 Å². The van der Waals surface area contributed by atoms with Crippen LogP contribution >= 0.6 is 0 Å². The van der Waals surface area contributed by atoms with Gasteiger partial charge in [-0.2, -0.15) is 0 Å². The Labute approximate surface area is 131 Å². The van der Waals surface area contributed by atoms with Crippen LogP contribution < -0.4 is 10.2 Å². The van der Waals surface area contributed by atoms with Crippen molar-refractivity contribution in [1.82, 2.24) is 4.98 Å². The molecular formula is C14H20BNO4. The maximum Gasteiger partial charge on any atom is 0.498 e. The van der Waals surface area contributed by atoms with Crippen LogP contribution in [0.3, 0.4) is 0 Å². The first-order valence-corrected chi connectivity index (χ1v) is 6.18. The topological polar surface area (TPSA) is 49.8 Å². The largest absolute Gasteiger partial charge is 0.498 e. The van der Waals surface area contributed by atoms with E-state index in [-0.39, 0.29) is 5.46 Å². The van der Waals surface area contributed by atoms with Gasteiger partial charge in [0.15, 0.2) is 0 Å². The van der Waals surface area contributed by atoms with Crippen molar-refractivity contribution >= 4 is 12.6 Å². The smallest absolute Gasteiger partial charge is 0.484 e. The third-order valence-electron chi connectivity index (χ3n) is 3.63. The van der Waals surface area contributed by atoms with Gasteiger partial charge < -0.3 is 18.8 Å². The predicted octanol–water partition coefficient (Wildman–Crippen LogP) is 1.16. The normalized spacial score (nSPS) is 36.9. The molecule has 2 saturated heterocycles. The summed E-state index contributed by atoms with van der Waals surface area (Å²) in [6.07, 6.45) is -4.10. The van der Waals surface area contributed by atoms with Crippen LogP contribution in [0.15, 0.2) is 18.4 Å². The second-order valence-corrected chi connectivity index (χ2v) is 5.53. The summed E-state index contributed by atoms with van der Waals surface area (Å²) < 4.78 is 84.3. The highest BCUT2D eigenvalue weighted by Crippen LogP contribution is 2.37. The molecule has 0 radical (unpaired) electrons. The summed E-state index contributed by atoms with van der Waals surface area (Å²) in [6.45, 7) is 1.38. The summed E-state index contributed by atoms with van der Waals surface area (Å²) in [6, 6.07) is -0.491. The maximum absolute atomic E-state index is 8.18. The molecule has 1 aromatic heterocycles. The van der Waals surface area contributed by atoms with E-state index in [9.17, 15) is 0 Å². The Morgan fingerprint density at radius 2 is 2.05 bits per heavy atom. The van der Waals surface area contributed by atoms with Crippen molar-refractivity contribution in [2.75, 3.05) is 13.1 Å². The quantitative estimate of drug-likeness (QED) is 0.780. The van der Waals surface area contributed by atoms with Crippen LogP contribution in [0.25, 0.3) is 0 Å². The monoisotopic (exact) mass is 285 g/mol. The Balaban J connectivity index is 2.13. The van der Waals surface area contributed by atoms with Gasteiger partial charge in [0.2, 0.25) is 0 Å². The van der Waals surface area contributed by atoms with E-state index in [1.165, 1.54) is 0 Å². The van der Waals surface area contributed by atoms with Gasteiger partial charge in [-0.25, -0.2) is 0 Å². The minimum Gasteiger partial charge on any atom is -0.484 e. The highest BCUT2D eigenvalue weighted by Gasteiger charge is 2.52. The van der Waals surface area contributed by atoms with Gasteiger partial charge in [-0.1, -0.05) is 0 Å². The Kier molecular flexibility index (Phi) is 1.71. The van der Waals surface area contributed by atoms with Gasteiger partial charge in [0.1, 0.15) is 11.8 Å². The van der Waals surface area contributed by atoms with Crippen molar-refractivity contribution in [2.45, 2.75) is 45.0 Å². The zero-order valence-electron chi connectivity index (χ0n) is 19.7. The minimum absolute atomic E-state index is 0.228. The highest BCUT2D eigenvalue weighted by molar-refractivity contribution is 6.63. The van der Waals surface area contributed by atoms with Crippen molar-refractivity contribution in [3.05, 3.63) is 18.4 Å². The lowest BCUT2D eigenvalue weighted by molar-refractivity contribution is -0.0794. The van der Waals surface area contributed by atoms with Crippen molar-refractivity contribution in [1.29, 1.82) is 0 Å². The lowest BCUT2D eigenvalue weighted by Gasteiger charge is -2.32. The molecule has 20 heavy (non-hydrogen) atoms. The van der Waals surface area contributed by atoms with Gasteiger partial charge in [0.25, 0.3) is 0 Å². The van der Waals surface area contributed by atoms with Crippen LogP contribution in [-0.4, -0.2) is 42.5 Å². The van der Waals surface area contributed by atoms with Crippen LogP contribution in [0.5, 0.6) is 5.75 Å². The molecule has 0 spiro atoms. The van der Waals surface area contributed by atoms with E-state index in [1.807, 2.05) is 0 Å². The van der Waals surface area contributed by atoms with Crippen LogP contribution in [-0.2, 0) is 14.0 Å². The van der Waals surface area contributed by atoms with E-state index in [2.05, 4.69) is 9.72 Å². The molecule has 0 atom stereocenters. The molecule has 3 heterocycles. The summed E-state index contributed by atoms with van der Waals surface area (Å²) in [5, 5.41) is 0. The molecule has 108 valence electrons. The summed E-state index contributed by atoms with van der Waals surface area (Å²) in [7, 11) is -1.26. The van der Waals surface area contributed by atoms with Gasteiger partial charge in [-0.15, -0.1) is 0 Å². The van der Waals surface area contributed by atoms with Gasteiger partial charge in [0, 0.05) is 11.6 Å². The number of aromatic nitrogens is 1. The fraction of sp³-hybridized carbons (Fsp3) is 0.643. The number of pyridine rings is 1. The summed E-state index contributed by atoms with van der Waals surface area (Å²) in [5.74, 6) is -0.564. The van der Waals surface area contributed by atoms with Gasteiger partial charge in [-0.3, -0.25) is 4.98 Å². The van der Waals surface area contributed by atoms with Crippen LogP contribution in [0, 0.1) is 0 Å². The van der Waals surface area contributed by atoms with E-state index < -0.39 is 61.7 Å². The molecule has 2 aliphatic heterocycles.